The minimum Gasteiger partial charge on any atom is -0.378 e. The zero-order valence-corrected chi connectivity index (χ0v) is 11.1. The normalized spacial score (nSPS) is 54.3. The summed E-state index contributed by atoms with van der Waals surface area (Å²) in [4.78, 5) is 12.5. The van der Waals surface area contributed by atoms with Crippen LogP contribution in [0, 0.1) is 17.8 Å². The monoisotopic (exact) mass is 250 g/mol. The number of methoxy groups -OCH3 is 1. The van der Waals surface area contributed by atoms with Gasteiger partial charge in [0.25, 0.3) is 0 Å². The Bertz CT molecular complexity index is 380. The molecule has 0 radical (unpaired) electrons. The predicted molar refractivity (Wildman–Crippen MR) is 66.2 cm³/mol. The van der Waals surface area contributed by atoms with Crippen LogP contribution in [0.25, 0.3) is 0 Å². The van der Waals surface area contributed by atoms with Gasteiger partial charge in [-0.2, -0.15) is 0 Å². The average Bonchev–Trinajstić information content (AvgIpc) is 2.75. The number of hydrogen-bond acceptors (Lipinski definition) is 3. The lowest BCUT2D eigenvalue weighted by Crippen LogP contribution is -2.36. The number of carbonyl (C=O) groups is 1. The van der Waals surface area contributed by atoms with Crippen molar-refractivity contribution in [1.29, 1.82) is 0 Å². The molecule has 4 fully saturated rings. The van der Waals surface area contributed by atoms with Crippen LogP contribution in [-0.2, 0) is 14.3 Å². The largest absolute Gasteiger partial charge is 0.378 e. The SMILES string of the molecule is CO[C@H]1[C@@H]2CCC[C@H]2C(=O)C[C@H]2CC[C@@]3(C2)O[C@@H]13. The Morgan fingerprint density at radius 3 is 3.06 bits per heavy atom. The van der Waals surface area contributed by atoms with E-state index in [4.69, 9.17) is 9.47 Å². The second kappa shape index (κ2) is 3.80. The second-order valence-electron chi connectivity index (χ2n) is 6.78. The molecule has 0 aromatic carbocycles. The molecule has 100 valence electrons. The van der Waals surface area contributed by atoms with Gasteiger partial charge < -0.3 is 9.47 Å². The number of fused-ring (bicyclic) bond motifs is 2. The first-order valence-electron chi connectivity index (χ1n) is 7.47. The van der Waals surface area contributed by atoms with Crippen LogP contribution >= 0.6 is 0 Å². The highest BCUT2D eigenvalue weighted by Gasteiger charge is 2.65. The van der Waals surface area contributed by atoms with E-state index in [0.29, 0.717) is 17.6 Å². The molecule has 3 nitrogen and oxygen atoms in total. The van der Waals surface area contributed by atoms with Crippen LogP contribution in [0.1, 0.15) is 44.9 Å². The standard InChI is InChI=1S/C15H22O3/c1-17-13-11-4-2-3-10(11)12(16)7-9-5-6-15(8-9)14(13)18-15/h9-11,13-14H,2-8H2,1H3/t9-,10-,11-,13+,14+,15+/m1/s1. The molecule has 3 aliphatic carbocycles. The van der Waals surface area contributed by atoms with E-state index in [1.54, 1.807) is 7.11 Å². The molecule has 3 saturated carbocycles. The fourth-order valence-corrected chi connectivity index (χ4v) is 5.01. The fraction of sp³-hybridized carbons (Fsp3) is 0.933. The van der Waals surface area contributed by atoms with Gasteiger partial charge in [-0.15, -0.1) is 0 Å². The topological polar surface area (TPSA) is 38.8 Å². The van der Waals surface area contributed by atoms with Crippen molar-refractivity contribution in [2.45, 2.75) is 62.8 Å². The van der Waals surface area contributed by atoms with E-state index in [9.17, 15) is 4.79 Å². The molecule has 0 aromatic heterocycles. The highest BCUT2D eigenvalue weighted by atomic mass is 16.6. The number of epoxide rings is 1. The second-order valence-corrected chi connectivity index (χ2v) is 6.78. The molecule has 2 bridgehead atoms. The first-order chi connectivity index (χ1) is 8.73. The van der Waals surface area contributed by atoms with Crippen molar-refractivity contribution in [3.63, 3.8) is 0 Å². The van der Waals surface area contributed by atoms with E-state index >= 15 is 0 Å². The summed E-state index contributed by atoms with van der Waals surface area (Å²) in [5.41, 5.74) is 0.100. The molecule has 1 aliphatic heterocycles. The molecule has 0 aromatic rings. The third-order valence-corrected chi connectivity index (χ3v) is 5.90. The van der Waals surface area contributed by atoms with Crippen LogP contribution in [0.3, 0.4) is 0 Å². The number of hydrogen-bond donors (Lipinski definition) is 0. The van der Waals surface area contributed by atoms with Gasteiger partial charge in [-0.05, 0) is 43.9 Å². The molecule has 0 unspecified atom stereocenters. The van der Waals surface area contributed by atoms with Gasteiger partial charge in [0, 0.05) is 19.4 Å². The van der Waals surface area contributed by atoms with E-state index in [0.717, 1.165) is 32.1 Å². The van der Waals surface area contributed by atoms with Gasteiger partial charge in [-0.3, -0.25) is 4.79 Å². The quantitative estimate of drug-likeness (QED) is 0.670. The number of ketones is 1. The number of ether oxygens (including phenoxy) is 2. The van der Waals surface area contributed by atoms with E-state index in [1.165, 1.54) is 12.8 Å². The van der Waals surface area contributed by atoms with Crippen molar-refractivity contribution in [2.75, 3.05) is 7.11 Å². The van der Waals surface area contributed by atoms with Gasteiger partial charge in [0.1, 0.15) is 11.9 Å². The summed E-state index contributed by atoms with van der Waals surface area (Å²) in [6.07, 6.45) is 8.08. The Morgan fingerprint density at radius 2 is 2.22 bits per heavy atom. The molecule has 3 heteroatoms. The first kappa shape index (κ1) is 11.4. The molecule has 1 heterocycles. The van der Waals surface area contributed by atoms with Gasteiger partial charge in [0.2, 0.25) is 0 Å². The maximum atomic E-state index is 12.5. The maximum Gasteiger partial charge on any atom is 0.136 e. The smallest absolute Gasteiger partial charge is 0.136 e. The fourth-order valence-electron chi connectivity index (χ4n) is 5.01. The van der Waals surface area contributed by atoms with Crippen molar-refractivity contribution in [3.05, 3.63) is 0 Å². The van der Waals surface area contributed by atoms with E-state index in [-0.39, 0.29) is 23.7 Å². The van der Waals surface area contributed by atoms with Gasteiger partial charge in [-0.1, -0.05) is 6.42 Å². The number of rotatable bonds is 1. The summed E-state index contributed by atoms with van der Waals surface area (Å²) < 4.78 is 11.8. The average molecular weight is 250 g/mol. The van der Waals surface area contributed by atoms with Gasteiger partial charge in [0.05, 0.1) is 11.7 Å². The lowest BCUT2D eigenvalue weighted by Gasteiger charge is -2.26. The van der Waals surface area contributed by atoms with Crippen molar-refractivity contribution in [1.82, 2.24) is 0 Å². The molecular formula is C15H22O3. The van der Waals surface area contributed by atoms with Gasteiger partial charge in [0.15, 0.2) is 0 Å². The summed E-state index contributed by atoms with van der Waals surface area (Å²) in [7, 11) is 1.80. The molecular weight excluding hydrogens is 228 g/mol. The van der Waals surface area contributed by atoms with Crippen LogP contribution < -0.4 is 0 Å². The van der Waals surface area contributed by atoms with E-state index in [2.05, 4.69) is 0 Å². The third-order valence-electron chi connectivity index (χ3n) is 5.90. The van der Waals surface area contributed by atoms with Crippen LogP contribution in [0.5, 0.6) is 0 Å². The Kier molecular flexibility index (Phi) is 2.41. The zero-order chi connectivity index (χ0) is 12.3. The van der Waals surface area contributed by atoms with Crippen molar-refractivity contribution in [2.24, 2.45) is 17.8 Å². The minimum absolute atomic E-state index is 0.100. The molecule has 0 N–H and O–H groups in total. The van der Waals surface area contributed by atoms with E-state index < -0.39 is 0 Å². The van der Waals surface area contributed by atoms with Crippen molar-refractivity contribution >= 4 is 5.78 Å². The summed E-state index contributed by atoms with van der Waals surface area (Å²) in [6, 6.07) is 0. The zero-order valence-electron chi connectivity index (χ0n) is 11.1. The van der Waals surface area contributed by atoms with Crippen LogP contribution in [-0.4, -0.2) is 30.7 Å². The predicted octanol–water partition coefficient (Wildman–Crippen LogP) is 2.33. The van der Waals surface area contributed by atoms with Gasteiger partial charge in [-0.25, -0.2) is 0 Å². The molecule has 1 saturated heterocycles. The first-order valence-corrected chi connectivity index (χ1v) is 7.47. The maximum absolute atomic E-state index is 12.5. The molecule has 0 amide bonds. The van der Waals surface area contributed by atoms with Crippen LogP contribution in [0.15, 0.2) is 0 Å². The Balaban J connectivity index is 1.68. The third kappa shape index (κ3) is 1.47. The van der Waals surface area contributed by atoms with Crippen LogP contribution in [0.2, 0.25) is 0 Å². The van der Waals surface area contributed by atoms with Crippen molar-refractivity contribution in [3.8, 4) is 0 Å². The molecule has 4 rings (SSSR count). The molecule has 1 spiro atoms. The van der Waals surface area contributed by atoms with Crippen molar-refractivity contribution < 1.29 is 14.3 Å². The number of Topliss-reactive ketones (excluding diaryl/α,β-unsaturated/α-hetero) is 1. The summed E-state index contributed by atoms with van der Waals surface area (Å²) in [5.74, 6) is 1.78. The van der Waals surface area contributed by atoms with Crippen LogP contribution in [0.4, 0.5) is 0 Å². The summed E-state index contributed by atoms with van der Waals surface area (Å²) >= 11 is 0. The molecule has 18 heavy (non-hydrogen) atoms. The highest BCUT2D eigenvalue weighted by molar-refractivity contribution is 5.82. The summed E-state index contributed by atoms with van der Waals surface area (Å²) in [5, 5.41) is 0. The molecule has 4 aliphatic rings. The molecule has 6 atom stereocenters. The minimum atomic E-state index is 0.100. The Morgan fingerprint density at radius 1 is 1.33 bits per heavy atom. The van der Waals surface area contributed by atoms with E-state index in [1.807, 2.05) is 0 Å². The Labute approximate surface area is 108 Å². The highest BCUT2D eigenvalue weighted by Crippen LogP contribution is 2.58. The number of carbonyl (C=O) groups excluding carboxylic acids is 1. The Hall–Kier alpha value is -0.410. The lowest BCUT2D eigenvalue weighted by molar-refractivity contribution is -0.126. The lowest BCUT2D eigenvalue weighted by atomic mass is 9.82. The summed E-state index contributed by atoms with van der Waals surface area (Å²) in [6.45, 7) is 0. The van der Waals surface area contributed by atoms with Gasteiger partial charge >= 0.3 is 0 Å².